The second-order valence-electron chi connectivity index (χ2n) is 3.55. The maximum atomic E-state index is 11.2. The first-order valence-electron chi connectivity index (χ1n) is 4.78. The maximum Gasteiger partial charge on any atom is 0.307 e. The van der Waals surface area contributed by atoms with Crippen molar-refractivity contribution in [3.05, 3.63) is 30.1 Å². The van der Waals surface area contributed by atoms with Crippen LogP contribution < -0.4 is 0 Å². The molecule has 4 heteroatoms. The second-order valence-corrected chi connectivity index (χ2v) is 3.55. The largest absolute Gasteiger partial charge is 0.469 e. The fraction of sp³-hybridized carbons (Fsp3) is 0.455. The molecule has 0 aliphatic carbocycles. The SMILES string of the molecule is COC(=O)CC(c1cccnc1)N(C)C. The quantitative estimate of drug-likeness (QED) is 0.698. The highest BCUT2D eigenvalue weighted by atomic mass is 16.5. The summed E-state index contributed by atoms with van der Waals surface area (Å²) in [6.45, 7) is 0. The van der Waals surface area contributed by atoms with E-state index in [4.69, 9.17) is 0 Å². The van der Waals surface area contributed by atoms with Gasteiger partial charge in [0.1, 0.15) is 0 Å². The van der Waals surface area contributed by atoms with Gasteiger partial charge in [0.2, 0.25) is 0 Å². The molecule has 1 aromatic rings. The Hall–Kier alpha value is -1.42. The van der Waals surface area contributed by atoms with Crippen LogP contribution in [0.15, 0.2) is 24.5 Å². The Labute approximate surface area is 89.9 Å². The molecule has 15 heavy (non-hydrogen) atoms. The van der Waals surface area contributed by atoms with E-state index in [0.29, 0.717) is 6.42 Å². The normalized spacial score (nSPS) is 12.5. The summed E-state index contributed by atoms with van der Waals surface area (Å²) in [5.74, 6) is -0.211. The van der Waals surface area contributed by atoms with Crippen LogP contribution in [0.25, 0.3) is 0 Å². The van der Waals surface area contributed by atoms with Gasteiger partial charge in [-0.3, -0.25) is 9.78 Å². The molecule has 0 amide bonds. The molecule has 4 nitrogen and oxygen atoms in total. The third kappa shape index (κ3) is 3.32. The smallest absolute Gasteiger partial charge is 0.307 e. The van der Waals surface area contributed by atoms with Gasteiger partial charge in [-0.2, -0.15) is 0 Å². The summed E-state index contributed by atoms with van der Waals surface area (Å²) in [5.41, 5.74) is 1.02. The first-order chi connectivity index (χ1) is 7.15. The first-order valence-corrected chi connectivity index (χ1v) is 4.78. The molecule has 1 unspecified atom stereocenters. The molecule has 0 N–H and O–H groups in total. The molecule has 1 aromatic heterocycles. The van der Waals surface area contributed by atoms with Crippen LogP contribution in [-0.2, 0) is 9.53 Å². The van der Waals surface area contributed by atoms with Gasteiger partial charge in [-0.1, -0.05) is 6.07 Å². The van der Waals surface area contributed by atoms with E-state index in [1.807, 2.05) is 31.1 Å². The number of esters is 1. The number of carbonyl (C=O) groups is 1. The zero-order chi connectivity index (χ0) is 11.3. The molecule has 82 valence electrons. The van der Waals surface area contributed by atoms with Crippen molar-refractivity contribution in [2.24, 2.45) is 0 Å². The number of rotatable bonds is 4. The van der Waals surface area contributed by atoms with E-state index in [-0.39, 0.29) is 12.0 Å². The van der Waals surface area contributed by atoms with Gasteiger partial charge in [-0.25, -0.2) is 0 Å². The molecule has 0 bridgehead atoms. The van der Waals surface area contributed by atoms with Crippen LogP contribution in [0.4, 0.5) is 0 Å². The number of nitrogens with zero attached hydrogens (tertiary/aromatic N) is 2. The number of methoxy groups -OCH3 is 1. The first kappa shape index (κ1) is 11.7. The molecule has 0 spiro atoms. The Kier molecular flexibility index (Phi) is 4.24. The van der Waals surface area contributed by atoms with Crippen LogP contribution in [-0.4, -0.2) is 37.1 Å². The molecular formula is C11H16N2O2. The zero-order valence-electron chi connectivity index (χ0n) is 9.30. The van der Waals surface area contributed by atoms with Gasteiger partial charge >= 0.3 is 5.97 Å². The third-order valence-electron chi connectivity index (χ3n) is 2.28. The molecule has 1 rings (SSSR count). The number of aromatic nitrogens is 1. The van der Waals surface area contributed by atoms with Gasteiger partial charge in [-0.05, 0) is 25.7 Å². The highest BCUT2D eigenvalue weighted by Crippen LogP contribution is 2.21. The summed E-state index contributed by atoms with van der Waals surface area (Å²) in [6, 6.07) is 3.84. The average molecular weight is 208 g/mol. The minimum absolute atomic E-state index is 0.0196. The van der Waals surface area contributed by atoms with Crippen molar-refractivity contribution in [2.75, 3.05) is 21.2 Å². The number of pyridine rings is 1. The van der Waals surface area contributed by atoms with Crippen LogP contribution >= 0.6 is 0 Å². The van der Waals surface area contributed by atoms with Crippen molar-refractivity contribution in [1.82, 2.24) is 9.88 Å². The molecular weight excluding hydrogens is 192 g/mol. The lowest BCUT2D eigenvalue weighted by molar-refractivity contribution is -0.141. The predicted molar refractivity (Wildman–Crippen MR) is 57.3 cm³/mol. The molecule has 1 atom stereocenters. The lowest BCUT2D eigenvalue weighted by Gasteiger charge is -2.23. The summed E-state index contributed by atoms with van der Waals surface area (Å²) in [5, 5.41) is 0. The van der Waals surface area contributed by atoms with E-state index in [0.717, 1.165) is 5.56 Å². The summed E-state index contributed by atoms with van der Waals surface area (Å²) >= 11 is 0. The molecule has 0 saturated carbocycles. The van der Waals surface area contributed by atoms with Crippen LogP contribution in [0.3, 0.4) is 0 Å². The maximum absolute atomic E-state index is 11.2. The topological polar surface area (TPSA) is 42.4 Å². The van der Waals surface area contributed by atoms with Crippen LogP contribution in [0.5, 0.6) is 0 Å². The second kappa shape index (κ2) is 5.46. The summed E-state index contributed by atoms with van der Waals surface area (Å²) in [6.07, 6.45) is 3.83. The Bertz CT molecular complexity index is 312. The number of hydrogen-bond donors (Lipinski definition) is 0. The van der Waals surface area contributed by atoms with Crippen molar-refractivity contribution in [1.29, 1.82) is 0 Å². The Balaban J connectivity index is 2.79. The summed E-state index contributed by atoms with van der Waals surface area (Å²) in [4.78, 5) is 17.3. The predicted octanol–water partition coefficient (Wildman–Crippen LogP) is 1.25. The highest BCUT2D eigenvalue weighted by Gasteiger charge is 2.18. The van der Waals surface area contributed by atoms with Crippen LogP contribution in [0, 0.1) is 0 Å². The van der Waals surface area contributed by atoms with Crippen molar-refractivity contribution in [3.63, 3.8) is 0 Å². The zero-order valence-corrected chi connectivity index (χ0v) is 9.30. The fourth-order valence-electron chi connectivity index (χ4n) is 1.41. The van der Waals surface area contributed by atoms with Crippen LogP contribution in [0.2, 0.25) is 0 Å². The van der Waals surface area contributed by atoms with Gasteiger partial charge in [-0.15, -0.1) is 0 Å². The minimum atomic E-state index is -0.211. The van der Waals surface area contributed by atoms with E-state index in [1.165, 1.54) is 7.11 Å². The van der Waals surface area contributed by atoms with E-state index >= 15 is 0 Å². The Morgan fingerprint density at radius 2 is 2.33 bits per heavy atom. The molecule has 0 saturated heterocycles. The van der Waals surface area contributed by atoms with Crippen LogP contribution in [0.1, 0.15) is 18.0 Å². The van der Waals surface area contributed by atoms with Crippen molar-refractivity contribution < 1.29 is 9.53 Å². The molecule has 0 fully saturated rings. The Morgan fingerprint density at radius 3 is 2.80 bits per heavy atom. The molecule has 0 radical (unpaired) electrons. The van der Waals surface area contributed by atoms with E-state index in [2.05, 4.69) is 9.72 Å². The van der Waals surface area contributed by atoms with Crippen molar-refractivity contribution >= 4 is 5.97 Å². The number of hydrogen-bond acceptors (Lipinski definition) is 4. The van der Waals surface area contributed by atoms with E-state index in [9.17, 15) is 4.79 Å². The lowest BCUT2D eigenvalue weighted by atomic mass is 10.1. The third-order valence-corrected chi connectivity index (χ3v) is 2.28. The number of ether oxygens (including phenoxy) is 1. The van der Waals surface area contributed by atoms with E-state index < -0.39 is 0 Å². The van der Waals surface area contributed by atoms with Gasteiger partial charge < -0.3 is 9.64 Å². The van der Waals surface area contributed by atoms with Gasteiger partial charge in [0.25, 0.3) is 0 Å². The molecule has 0 aliphatic rings. The standard InChI is InChI=1S/C11H16N2O2/c1-13(2)10(7-11(14)15-3)9-5-4-6-12-8-9/h4-6,8,10H,7H2,1-3H3. The van der Waals surface area contributed by atoms with Gasteiger partial charge in [0, 0.05) is 18.4 Å². The average Bonchev–Trinajstić information content (AvgIpc) is 2.26. The fourth-order valence-corrected chi connectivity index (χ4v) is 1.41. The monoisotopic (exact) mass is 208 g/mol. The lowest BCUT2D eigenvalue weighted by Crippen LogP contribution is -2.23. The number of carbonyl (C=O) groups excluding carboxylic acids is 1. The molecule has 0 aliphatic heterocycles. The highest BCUT2D eigenvalue weighted by molar-refractivity contribution is 5.70. The van der Waals surface area contributed by atoms with Crippen molar-refractivity contribution in [2.45, 2.75) is 12.5 Å². The molecule has 0 aromatic carbocycles. The Morgan fingerprint density at radius 1 is 1.60 bits per heavy atom. The van der Waals surface area contributed by atoms with Crippen molar-refractivity contribution in [3.8, 4) is 0 Å². The van der Waals surface area contributed by atoms with Gasteiger partial charge in [0.05, 0.1) is 13.5 Å². The minimum Gasteiger partial charge on any atom is -0.469 e. The molecule has 1 heterocycles. The summed E-state index contributed by atoms with van der Waals surface area (Å²) < 4.78 is 4.67. The van der Waals surface area contributed by atoms with Gasteiger partial charge in [0.15, 0.2) is 0 Å². The van der Waals surface area contributed by atoms with E-state index in [1.54, 1.807) is 12.4 Å². The summed E-state index contributed by atoms with van der Waals surface area (Å²) in [7, 11) is 5.26.